The van der Waals surface area contributed by atoms with Crippen molar-refractivity contribution in [3.63, 3.8) is 0 Å². The van der Waals surface area contributed by atoms with Crippen LogP contribution in [0, 0.1) is 12.8 Å². The smallest absolute Gasteiger partial charge is 0.143 e. The van der Waals surface area contributed by atoms with Gasteiger partial charge in [-0.25, -0.2) is 0 Å². The molecular formula is C35H67O2. The van der Waals surface area contributed by atoms with Gasteiger partial charge in [-0.3, -0.25) is 9.59 Å². The third-order valence-corrected chi connectivity index (χ3v) is 8.12. The third-order valence-electron chi connectivity index (χ3n) is 8.12. The summed E-state index contributed by atoms with van der Waals surface area (Å²) in [4.78, 5) is 25.2. The van der Waals surface area contributed by atoms with E-state index >= 15 is 0 Å². The molecule has 0 saturated carbocycles. The lowest BCUT2D eigenvalue weighted by molar-refractivity contribution is -0.132. The summed E-state index contributed by atoms with van der Waals surface area (Å²) >= 11 is 0. The van der Waals surface area contributed by atoms with Crippen LogP contribution in [0.2, 0.25) is 0 Å². The first-order valence-corrected chi connectivity index (χ1v) is 17.0. The maximum Gasteiger partial charge on any atom is 0.143 e. The van der Waals surface area contributed by atoms with Crippen molar-refractivity contribution in [3.8, 4) is 0 Å². The van der Waals surface area contributed by atoms with Gasteiger partial charge >= 0.3 is 0 Å². The van der Waals surface area contributed by atoms with Gasteiger partial charge in [-0.15, -0.1) is 0 Å². The Morgan fingerprint density at radius 2 is 0.622 bits per heavy atom. The summed E-state index contributed by atoms with van der Waals surface area (Å²) in [6, 6.07) is 0. The number of unbranched alkanes of at least 4 members (excludes halogenated alkanes) is 24. The summed E-state index contributed by atoms with van der Waals surface area (Å²) in [5.74, 6) is -0.134. The molecule has 0 heterocycles. The fourth-order valence-corrected chi connectivity index (χ4v) is 5.48. The summed E-state index contributed by atoms with van der Waals surface area (Å²) in [5.41, 5.74) is 0. The van der Waals surface area contributed by atoms with Gasteiger partial charge in [0.25, 0.3) is 0 Å². The molecular weight excluding hydrogens is 452 g/mol. The molecule has 0 unspecified atom stereocenters. The van der Waals surface area contributed by atoms with Gasteiger partial charge in [-0.2, -0.15) is 0 Å². The quantitative estimate of drug-likeness (QED) is 0.0674. The summed E-state index contributed by atoms with van der Waals surface area (Å²) in [6.07, 6.45) is 35.7. The highest BCUT2D eigenvalue weighted by Gasteiger charge is 2.23. The van der Waals surface area contributed by atoms with Crippen LogP contribution in [0.25, 0.3) is 0 Å². The number of carbonyl (C=O) groups is 2. The van der Waals surface area contributed by atoms with Gasteiger partial charge < -0.3 is 0 Å². The molecule has 0 aromatic carbocycles. The molecule has 0 bridgehead atoms. The molecule has 0 spiro atoms. The highest BCUT2D eigenvalue weighted by molar-refractivity contribution is 6.02. The number of Topliss-reactive ketones (excluding diaryl/α,β-unsaturated/α-hetero) is 2. The molecule has 0 aromatic heterocycles. The first-order chi connectivity index (χ1) is 18.2. The van der Waals surface area contributed by atoms with Crippen molar-refractivity contribution in [3.05, 3.63) is 6.92 Å². The molecule has 2 heteroatoms. The van der Waals surface area contributed by atoms with Crippen molar-refractivity contribution in [2.75, 3.05) is 0 Å². The Hall–Kier alpha value is -0.660. The van der Waals surface area contributed by atoms with Gasteiger partial charge in [0.2, 0.25) is 0 Å². The zero-order valence-corrected chi connectivity index (χ0v) is 25.6. The minimum atomic E-state index is -0.436. The van der Waals surface area contributed by atoms with Crippen LogP contribution in [0.15, 0.2) is 0 Å². The van der Waals surface area contributed by atoms with Crippen LogP contribution < -0.4 is 0 Å². The Labute approximate surface area is 233 Å². The molecule has 0 aliphatic carbocycles. The number of carbonyl (C=O) groups excluding carboxylic acids is 2. The predicted molar refractivity (Wildman–Crippen MR) is 164 cm³/mol. The van der Waals surface area contributed by atoms with Crippen molar-refractivity contribution in [1.29, 1.82) is 0 Å². The highest BCUT2D eigenvalue weighted by Crippen LogP contribution is 2.18. The second-order valence-electron chi connectivity index (χ2n) is 11.8. The van der Waals surface area contributed by atoms with E-state index < -0.39 is 5.92 Å². The van der Waals surface area contributed by atoms with Crippen molar-refractivity contribution in [2.24, 2.45) is 5.92 Å². The fraction of sp³-hybridized carbons (Fsp3) is 0.914. The lowest BCUT2D eigenvalue weighted by Gasteiger charge is -2.12. The molecule has 219 valence electrons. The second-order valence-corrected chi connectivity index (χ2v) is 11.8. The molecule has 0 saturated heterocycles. The van der Waals surface area contributed by atoms with Gasteiger partial charge in [0.05, 0.1) is 5.92 Å². The van der Waals surface area contributed by atoms with Crippen LogP contribution in [-0.4, -0.2) is 11.6 Å². The van der Waals surface area contributed by atoms with E-state index in [2.05, 4.69) is 20.8 Å². The van der Waals surface area contributed by atoms with E-state index in [0.29, 0.717) is 19.3 Å². The van der Waals surface area contributed by atoms with Crippen molar-refractivity contribution < 1.29 is 9.59 Å². The molecule has 2 nitrogen and oxygen atoms in total. The first kappa shape index (κ1) is 36.3. The van der Waals surface area contributed by atoms with E-state index in [0.717, 1.165) is 25.7 Å². The first-order valence-electron chi connectivity index (χ1n) is 17.0. The van der Waals surface area contributed by atoms with Gasteiger partial charge in [0, 0.05) is 12.8 Å². The Morgan fingerprint density at radius 3 is 0.838 bits per heavy atom. The van der Waals surface area contributed by atoms with E-state index in [9.17, 15) is 9.59 Å². The van der Waals surface area contributed by atoms with E-state index in [4.69, 9.17) is 0 Å². The molecule has 0 fully saturated rings. The molecule has 0 N–H and O–H groups in total. The number of hydrogen-bond donors (Lipinski definition) is 0. The summed E-state index contributed by atoms with van der Waals surface area (Å²) < 4.78 is 0. The van der Waals surface area contributed by atoms with E-state index in [1.165, 1.54) is 141 Å². The van der Waals surface area contributed by atoms with Crippen LogP contribution in [0.5, 0.6) is 0 Å². The van der Waals surface area contributed by atoms with Crippen LogP contribution in [0.4, 0.5) is 0 Å². The van der Waals surface area contributed by atoms with Gasteiger partial charge in [-0.05, 0) is 19.3 Å². The number of hydrogen-bond acceptors (Lipinski definition) is 2. The molecule has 37 heavy (non-hydrogen) atoms. The lowest BCUT2D eigenvalue weighted by Crippen LogP contribution is -2.23. The summed E-state index contributed by atoms with van der Waals surface area (Å²) in [6.45, 7) is 8.46. The van der Waals surface area contributed by atoms with Crippen LogP contribution >= 0.6 is 0 Å². The molecule has 0 aromatic rings. The topological polar surface area (TPSA) is 34.1 Å². The normalized spacial score (nSPS) is 11.5. The number of rotatable bonds is 31. The highest BCUT2D eigenvalue weighted by atomic mass is 16.1. The predicted octanol–water partition coefficient (Wildman–Crippen LogP) is 11.9. The van der Waals surface area contributed by atoms with E-state index in [-0.39, 0.29) is 11.6 Å². The maximum atomic E-state index is 12.6. The molecule has 0 aliphatic rings. The maximum absolute atomic E-state index is 12.6. The summed E-state index contributed by atoms with van der Waals surface area (Å²) in [5, 5.41) is 0. The monoisotopic (exact) mass is 520 g/mol. The Balaban J connectivity index is 3.57. The van der Waals surface area contributed by atoms with Crippen molar-refractivity contribution >= 4 is 11.6 Å². The average molecular weight is 520 g/mol. The largest absolute Gasteiger partial charge is 0.299 e. The molecule has 0 rings (SSSR count). The van der Waals surface area contributed by atoms with Gasteiger partial charge in [-0.1, -0.05) is 175 Å². The zero-order chi connectivity index (χ0) is 27.2. The van der Waals surface area contributed by atoms with Crippen molar-refractivity contribution in [2.45, 2.75) is 200 Å². The number of ketones is 2. The van der Waals surface area contributed by atoms with Gasteiger partial charge in [0.1, 0.15) is 11.6 Å². The molecule has 0 amide bonds. The van der Waals surface area contributed by atoms with Gasteiger partial charge in [0.15, 0.2) is 0 Å². The van der Waals surface area contributed by atoms with Crippen LogP contribution in [0.1, 0.15) is 200 Å². The molecule has 0 atom stereocenters. The average Bonchev–Trinajstić information content (AvgIpc) is 2.90. The Morgan fingerprint density at radius 1 is 0.405 bits per heavy atom. The molecule has 0 aliphatic heterocycles. The van der Waals surface area contributed by atoms with E-state index in [1.807, 2.05) is 0 Å². The van der Waals surface area contributed by atoms with Crippen LogP contribution in [-0.2, 0) is 9.59 Å². The Kier molecular flexibility index (Phi) is 29.4. The fourth-order valence-electron chi connectivity index (χ4n) is 5.48. The van der Waals surface area contributed by atoms with Crippen LogP contribution in [0.3, 0.4) is 0 Å². The second kappa shape index (κ2) is 29.9. The standard InChI is InChI=1S/C35H67O2/c1-4-7-9-11-13-15-17-19-21-23-25-27-29-31-34(36)33(6-3)35(37)32-30-28-26-24-22-20-18-16-14-12-10-8-5-2/h33H,3-32H2,1-2H3. The third kappa shape index (κ3) is 25.4. The molecule has 1 radical (unpaired) electrons. The zero-order valence-electron chi connectivity index (χ0n) is 25.6. The lowest BCUT2D eigenvalue weighted by atomic mass is 9.89. The SMILES string of the molecule is [CH2]CC(C(=O)CCCCCCCCCCCCCCC)C(=O)CCCCCCCCCCCCCCC. The van der Waals surface area contributed by atoms with E-state index in [1.54, 1.807) is 0 Å². The Bertz CT molecular complexity index is 442. The minimum Gasteiger partial charge on any atom is -0.299 e. The summed E-state index contributed by atoms with van der Waals surface area (Å²) in [7, 11) is 0. The minimum absolute atomic E-state index is 0.151. The van der Waals surface area contributed by atoms with Crippen molar-refractivity contribution in [1.82, 2.24) is 0 Å².